The summed E-state index contributed by atoms with van der Waals surface area (Å²) in [6, 6.07) is 7.21. The summed E-state index contributed by atoms with van der Waals surface area (Å²) in [4.78, 5) is 0. The average molecular weight is 255 g/mol. The molecule has 3 nitrogen and oxygen atoms in total. The fourth-order valence-electron chi connectivity index (χ4n) is 3.21. The minimum atomic E-state index is 0.479. The molecular formula is C16H21N3. The zero-order valence-electron chi connectivity index (χ0n) is 11.9. The number of aryl methyl sites for hydroxylation is 4. The first-order valence-corrected chi connectivity index (χ1v) is 6.98. The van der Waals surface area contributed by atoms with Gasteiger partial charge >= 0.3 is 0 Å². The maximum Gasteiger partial charge on any atom is 0.0762 e. The highest BCUT2D eigenvalue weighted by molar-refractivity contribution is 5.43. The molecule has 1 aliphatic rings. The largest absolute Gasteiger partial charge is 0.304 e. The number of fused-ring (bicyclic) bond motifs is 1. The maximum absolute atomic E-state index is 4.28. The smallest absolute Gasteiger partial charge is 0.0762 e. The monoisotopic (exact) mass is 255 g/mol. The Morgan fingerprint density at radius 2 is 2.11 bits per heavy atom. The van der Waals surface area contributed by atoms with Crippen molar-refractivity contribution in [1.29, 1.82) is 0 Å². The lowest BCUT2D eigenvalue weighted by molar-refractivity contribution is 0.523. The van der Waals surface area contributed by atoms with E-state index in [-0.39, 0.29) is 0 Å². The van der Waals surface area contributed by atoms with Crippen molar-refractivity contribution in [3.05, 3.63) is 51.8 Å². The van der Waals surface area contributed by atoms with Crippen LogP contribution in [-0.4, -0.2) is 10.2 Å². The summed E-state index contributed by atoms with van der Waals surface area (Å²) >= 11 is 0. The topological polar surface area (TPSA) is 40.7 Å². The molecule has 0 radical (unpaired) electrons. The second kappa shape index (κ2) is 4.82. The predicted octanol–water partition coefficient (Wildman–Crippen LogP) is 3.11. The zero-order valence-corrected chi connectivity index (χ0v) is 11.9. The SMILES string of the molecule is Cc1cc(C)c2c(c1)CCC2NCc1cc(C)[nH]n1. The molecule has 3 heteroatoms. The zero-order chi connectivity index (χ0) is 13.4. The van der Waals surface area contributed by atoms with Crippen molar-refractivity contribution in [3.63, 3.8) is 0 Å². The van der Waals surface area contributed by atoms with Gasteiger partial charge in [-0.05, 0) is 56.4 Å². The van der Waals surface area contributed by atoms with E-state index in [9.17, 15) is 0 Å². The molecule has 0 spiro atoms. The van der Waals surface area contributed by atoms with Crippen LogP contribution in [0.4, 0.5) is 0 Å². The van der Waals surface area contributed by atoms with Gasteiger partial charge in [-0.3, -0.25) is 5.10 Å². The number of nitrogens with zero attached hydrogens (tertiary/aromatic N) is 1. The van der Waals surface area contributed by atoms with Crippen LogP contribution in [0.3, 0.4) is 0 Å². The molecule has 19 heavy (non-hydrogen) atoms. The Morgan fingerprint density at radius 1 is 1.26 bits per heavy atom. The average Bonchev–Trinajstić information content (AvgIpc) is 2.93. The lowest BCUT2D eigenvalue weighted by atomic mass is 9.99. The van der Waals surface area contributed by atoms with Crippen LogP contribution < -0.4 is 5.32 Å². The van der Waals surface area contributed by atoms with Gasteiger partial charge in [0.15, 0.2) is 0 Å². The van der Waals surface area contributed by atoms with Gasteiger partial charge in [-0.25, -0.2) is 0 Å². The Kier molecular flexibility index (Phi) is 3.15. The normalized spacial score (nSPS) is 17.7. The highest BCUT2D eigenvalue weighted by atomic mass is 15.1. The van der Waals surface area contributed by atoms with Gasteiger partial charge in [-0.2, -0.15) is 5.10 Å². The molecule has 2 aromatic rings. The van der Waals surface area contributed by atoms with Gasteiger partial charge in [-0.1, -0.05) is 17.7 Å². The molecule has 3 rings (SSSR count). The summed E-state index contributed by atoms with van der Waals surface area (Å²) in [5.41, 5.74) is 8.04. The summed E-state index contributed by atoms with van der Waals surface area (Å²) < 4.78 is 0. The van der Waals surface area contributed by atoms with Crippen molar-refractivity contribution in [2.75, 3.05) is 0 Å². The number of aromatic nitrogens is 2. The number of H-pyrrole nitrogens is 1. The van der Waals surface area contributed by atoms with E-state index in [0.717, 1.165) is 17.9 Å². The van der Waals surface area contributed by atoms with Gasteiger partial charge in [0.05, 0.1) is 5.69 Å². The Labute approximate surface area is 114 Å². The third-order valence-corrected chi connectivity index (χ3v) is 3.96. The van der Waals surface area contributed by atoms with Gasteiger partial charge < -0.3 is 5.32 Å². The number of rotatable bonds is 3. The molecule has 0 fully saturated rings. The summed E-state index contributed by atoms with van der Waals surface area (Å²) in [5.74, 6) is 0. The Hall–Kier alpha value is -1.61. The third kappa shape index (κ3) is 2.43. The third-order valence-electron chi connectivity index (χ3n) is 3.96. The van der Waals surface area contributed by atoms with Gasteiger partial charge in [0, 0.05) is 18.3 Å². The van der Waals surface area contributed by atoms with Crippen molar-refractivity contribution in [2.24, 2.45) is 0 Å². The molecular weight excluding hydrogens is 234 g/mol. The van der Waals surface area contributed by atoms with E-state index in [1.807, 2.05) is 6.92 Å². The van der Waals surface area contributed by atoms with E-state index in [4.69, 9.17) is 0 Å². The summed E-state index contributed by atoms with van der Waals surface area (Å²) in [7, 11) is 0. The Bertz CT molecular complexity index is 598. The van der Waals surface area contributed by atoms with Crippen molar-refractivity contribution in [3.8, 4) is 0 Å². The molecule has 1 heterocycles. The quantitative estimate of drug-likeness (QED) is 0.884. The van der Waals surface area contributed by atoms with Crippen LogP contribution in [0.5, 0.6) is 0 Å². The summed E-state index contributed by atoms with van der Waals surface area (Å²) in [5, 5.41) is 10.9. The highest BCUT2D eigenvalue weighted by Crippen LogP contribution is 2.34. The fourth-order valence-corrected chi connectivity index (χ4v) is 3.21. The lowest BCUT2D eigenvalue weighted by Crippen LogP contribution is -2.19. The summed E-state index contributed by atoms with van der Waals surface area (Å²) in [6.45, 7) is 7.28. The minimum Gasteiger partial charge on any atom is -0.304 e. The second-order valence-corrected chi connectivity index (χ2v) is 5.67. The fraction of sp³-hybridized carbons (Fsp3) is 0.438. The van der Waals surface area contributed by atoms with E-state index in [2.05, 4.69) is 47.6 Å². The number of aromatic amines is 1. The van der Waals surface area contributed by atoms with E-state index in [1.54, 1.807) is 0 Å². The molecule has 0 bridgehead atoms. The van der Waals surface area contributed by atoms with Crippen LogP contribution in [0.1, 0.15) is 46.1 Å². The molecule has 1 aromatic heterocycles. The van der Waals surface area contributed by atoms with Crippen LogP contribution in [0.25, 0.3) is 0 Å². The maximum atomic E-state index is 4.28. The first-order chi connectivity index (χ1) is 9.13. The second-order valence-electron chi connectivity index (χ2n) is 5.67. The molecule has 2 N–H and O–H groups in total. The standard InChI is InChI=1S/C16H21N3/c1-10-6-11(2)16-13(7-10)4-5-15(16)17-9-14-8-12(3)18-19-14/h6-8,15,17H,4-5,9H2,1-3H3,(H,18,19). The molecule has 0 saturated carbocycles. The molecule has 0 amide bonds. The molecule has 100 valence electrons. The van der Waals surface area contributed by atoms with E-state index in [0.29, 0.717) is 6.04 Å². The van der Waals surface area contributed by atoms with Crippen LogP contribution in [0.15, 0.2) is 18.2 Å². The van der Waals surface area contributed by atoms with E-state index < -0.39 is 0 Å². The molecule has 1 atom stereocenters. The van der Waals surface area contributed by atoms with E-state index >= 15 is 0 Å². The Balaban J connectivity index is 1.75. The lowest BCUT2D eigenvalue weighted by Gasteiger charge is -2.16. The van der Waals surface area contributed by atoms with Gasteiger partial charge in [0.25, 0.3) is 0 Å². The van der Waals surface area contributed by atoms with Gasteiger partial charge in [0.2, 0.25) is 0 Å². The number of benzene rings is 1. The molecule has 0 saturated heterocycles. The number of hydrogen-bond acceptors (Lipinski definition) is 2. The van der Waals surface area contributed by atoms with Crippen molar-refractivity contribution in [2.45, 2.75) is 46.2 Å². The van der Waals surface area contributed by atoms with E-state index in [1.165, 1.54) is 35.1 Å². The van der Waals surface area contributed by atoms with Crippen molar-refractivity contribution >= 4 is 0 Å². The molecule has 0 aliphatic heterocycles. The highest BCUT2D eigenvalue weighted by Gasteiger charge is 2.24. The summed E-state index contributed by atoms with van der Waals surface area (Å²) in [6.07, 6.45) is 2.39. The molecule has 1 unspecified atom stereocenters. The van der Waals surface area contributed by atoms with Gasteiger partial charge in [-0.15, -0.1) is 0 Å². The van der Waals surface area contributed by atoms with Crippen molar-refractivity contribution in [1.82, 2.24) is 15.5 Å². The van der Waals surface area contributed by atoms with Crippen LogP contribution >= 0.6 is 0 Å². The first kappa shape index (κ1) is 12.4. The minimum absolute atomic E-state index is 0.479. The molecule has 1 aromatic carbocycles. The van der Waals surface area contributed by atoms with Crippen LogP contribution in [-0.2, 0) is 13.0 Å². The van der Waals surface area contributed by atoms with Crippen LogP contribution in [0, 0.1) is 20.8 Å². The number of hydrogen-bond donors (Lipinski definition) is 2. The van der Waals surface area contributed by atoms with Crippen LogP contribution in [0.2, 0.25) is 0 Å². The van der Waals surface area contributed by atoms with Gasteiger partial charge in [0.1, 0.15) is 0 Å². The Morgan fingerprint density at radius 3 is 2.84 bits per heavy atom. The van der Waals surface area contributed by atoms with Crippen molar-refractivity contribution < 1.29 is 0 Å². The molecule has 1 aliphatic carbocycles. The predicted molar refractivity (Wildman–Crippen MR) is 77.1 cm³/mol. The number of nitrogens with one attached hydrogen (secondary N) is 2. The first-order valence-electron chi connectivity index (χ1n) is 6.98.